The summed E-state index contributed by atoms with van der Waals surface area (Å²) in [4.78, 5) is 6.26. The zero-order valence-corrected chi connectivity index (χ0v) is 15.3. The normalized spacial score (nSPS) is 14.5. The van der Waals surface area contributed by atoms with Crippen LogP contribution in [0.25, 0.3) is 0 Å². The van der Waals surface area contributed by atoms with Crippen molar-refractivity contribution in [3.8, 4) is 0 Å². The second kappa shape index (κ2) is 8.57. The number of sulfone groups is 1. The van der Waals surface area contributed by atoms with Crippen molar-refractivity contribution in [3.05, 3.63) is 35.9 Å². The van der Waals surface area contributed by atoms with E-state index in [1.54, 1.807) is 0 Å². The van der Waals surface area contributed by atoms with Crippen molar-refractivity contribution < 1.29 is 8.42 Å². The van der Waals surface area contributed by atoms with Gasteiger partial charge in [0.2, 0.25) is 0 Å². The molecule has 1 N–H and O–H groups in total. The van der Waals surface area contributed by atoms with Crippen LogP contribution in [-0.4, -0.2) is 57.5 Å². The molecule has 0 spiro atoms. The number of rotatable bonds is 6. The highest BCUT2D eigenvalue weighted by Gasteiger charge is 2.14. The van der Waals surface area contributed by atoms with E-state index in [-0.39, 0.29) is 35.5 Å². The first-order valence-corrected chi connectivity index (χ1v) is 8.63. The summed E-state index contributed by atoms with van der Waals surface area (Å²) >= 11 is 0. The maximum Gasteiger partial charge on any atom is 0.193 e. The minimum atomic E-state index is -3.02. The van der Waals surface area contributed by atoms with E-state index in [0.29, 0.717) is 13.0 Å². The van der Waals surface area contributed by atoms with E-state index in [2.05, 4.69) is 10.3 Å². The maximum absolute atomic E-state index is 12.0. The molecule has 0 radical (unpaired) electrons. The van der Waals surface area contributed by atoms with E-state index in [0.717, 1.165) is 24.6 Å². The third-order valence-electron chi connectivity index (χ3n) is 3.30. The average Bonchev–Trinajstić information content (AvgIpc) is 2.83. The highest BCUT2D eigenvalue weighted by molar-refractivity contribution is 14.0. The van der Waals surface area contributed by atoms with Gasteiger partial charge in [-0.3, -0.25) is 4.99 Å². The molecular weight excluding hydrogens is 401 g/mol. The third-order valence-corrected chi connectivity index (χ3v) is 4.95. The van der Waals surface area contributed by atoms with Crippen LogP contribution in [0.4, 0.5) is 0 Å². The number of hydrogen-bond donors (Lipinski definition) is 1. The number of guanidine groups is 1. The van der Waals surface area contributed by atoms with E-state index in [4.69, 9.17) is 0 Å². The minimum absolute atomic E-state index is 0. The lowest BCUT2D eigenvalue weighted by Gasteiger charge is -2.15. The lowest BCUT2D eigenvalue weighted by Crippen LogP contribution is -2.38. The van der Waals surface area contributed by atoms with Crippen LogP contribution in [0.1, 0.15) is 5.56 Å². The number of nitrogens with one attached hydrogen (secondary N) is 1. The molecule has 0 aliphatic carbocycles. The second-order valence-corrected chi connectivity index (χ2v) is 7.24. The molecule has 1 aliphatic rings. The molecule has 118 valence electrons. The molecule has 1 aromatic rings. The van der Waals surface area contributed by atoms with Gasteiger partial charge in [0.05, 0.1) is 18.1 Å². The first-order valence-electron chi connectivity index (χ1n) is 6.81. The summed E-state index contributed by atoms with van der Waals surface area (Å²) in [6, 6.07) is 9.70. The summed E-state index contributed by atoms with van der Waals surface area (Å²) < 4.78 is 23.9. The SMILES string of the molecule is CN1CCN=C1NCCS(=O)(=O)CCc1ccccc1.I. The van der Waals surface area contributed by atoms with Gasteiger partial charge in [0.25, 0.3) is 0 Å². The van der Waals surface area contributed by atoms with Gasteiger partial charge in [-0.1, -0.05) is 30.3 Å². The largest absolute Gasteiger partial charge is 0.355 e. The summed E-state index contributed by atoms with van der Waals surface area (Å²) in [6.07, 6.45) is 0.573. The predicted octanol–water partition coefficient (Wildman–Crippen LogP) is 1.15. The Kier molecular flexibility index (Phi) is 7.44. The lowest BCUT2D eigenvalue weighted by molar-refractivity contribution is 0.535. The molecule has 5 nitrogen and oxygen atoms in total. The summed E-state index contributed by atoms with van der Waals surface area (Å²) in [6.45, 7) is 2.09. The van der Waals surface area contributed by atoms with Crippen molar-refractivity contribution >= 4 is 39.8 Å². The molecule has 1 aromatic carbocycles. The number of aryl methyl sites for hydroxylation is 1. The third kappa shape index (κ3) is 6.21. The molecule has 1 aliphatic heterocycles. The summed E-state index contributed by atoms with van der Waals surface area (Å²) in [5, 5.41) is 3.08. The van der Waals surface area contributed by atoms with Crippen molar-refractivity contribution in [1.82, 2.24) is 10.2 Å². The van der Waals surface area contributed by atoms with Crippen molar-refractivity contribution in [2.24, 2.45) is 4.99 Å². The number of nitrogens with zero attached hydrogens (tertiary/aromatic N) is 2. The molecule has 1 heterocycles. The molecule has 0 atom stereocenters. The van der Waals surface area contributed by atoms with Crippen molar-refractivity contribution in [2.75, 3.05) is 38.2 Å². The molecule has 0 aromatic heterocycles. The Morgan fingerprint density at radius 2 is 1.95 bits per heavy atom. The van der Waals surface area contributed by atoms with Gasteiger partial charge in [-0.15, -0.1) is 24.0 Å². The van der Waals surface area contributed by atoms with Crippen LogP contribution < -0.4 is 5.32 Å². The van der Waals surface area contributed by atoms with Crippen molar-refractivity contribution in [2.45, 2.75) is 6.42 Å². The minimum Gasteiger partial charge on any atom is -0.355 e. The number of aliphatic imine (C=N–C) groups is 1. The Morgan fingerprint density at radius 3 is 2.57 bits per heavy atom. The standard InChI is InChI=1S/C14H21N3O2S.HI/c1-17-10-8-15-14(17)16-9-12-20(18,19)11-7-13-5-3-2-4-6-13;/h2-6H,7-12H2,1H3,(H,15,16);1H. The molecule has 0 unspecified atom stereocenters. The van der Waals surface area contributed by atoms with Gasteiger partial charge in [-0.05, 0) is 12.0 Å². The van der Waals surface area contributed by atoms with Gasteiger partial charge in [0, 0.05) is 20.1 Å². The van der Waals surface area contributed by atoms with E-state index >= 15 is 0 Å². The quantitative estimate of drug-likeness (QED) is 0.698. The van der Waals surface area contributed by atoms with Gasteiger partial charge >= 0.3 is 0 Å². The molecule has 7 heteroatoms. The van der Waals surface area contributed by atoms with Crippen LogP contribution >= 0.6 is 24.0 Å². The zero-order valence-electron chi connectivity index (χ0n) is 12.2. The molecule has 21 heavy (non-hydrogen) atoms. The summed E-state index contributed by atoms with van der Waals surface area (Å²) in [5.41, 5.74) is 1.06. The smallest absolute Gasteiger partial charge is 0.193 e. The van der Waals surface area contributed by atoms with Crippen molar-refractivity contribution in [3.63, 3.8) is 0 Å². The van der Waals surface area contributed by atoms with Crippen LogP contribution in [-0.2, 0) is 16.3 Å². The van der Waals surface area contributed by atoms with E-state index in [9.17, 15) is 8.42 Å². The number of hydrogen-bond acceptors (Lipinski definition) is 5. The second-order valence-electron chi connectivity index (χ2n) is 4.94. The van der Waals surface area contributed by atoms with Crippen LogP contribution in [0, 0.1) is 0 Å². The van der Waals surface area contributed by atoms with Gasteiger partial charge in [0.1, 0.15) is 0 Å². The Balaban J connectivity index is 0.00000220. The van der Waals surface area contributed by atoms with Gasteiger partial charge in [0.15, 0.2) is 15.8 Å². The molecule has 0 amide bonds. The monoisotopic (exact) mass is 423 g/mol. The average molecular weight is 423 g/mol. The summed E-state index contributed by atoms with van der Waals surface area (Å²) in [7, 11) is -1.08. The van der Waals surface area contributed by atoms with Gasteiger partial charge in [-0.2, -0.15) is 0 Å². The van der Waals surface area contributed by atoms with E-state index in [1.165, 1.54) is 0 Å². The van der Waals surface area contributed by atoms with Gasteiger partial charge < -0.3 is 10.2 Å². The fraction of sp³-hybridized carbons (Fsp3) is 0.500. The Bertz CT molecular complexity index is 561. The molecule has 0 saturated carbocycles. The number of halogens is 1. The molecule has 0 saturated heterocycles. The topological polar surface area (TPSA) is 61.8 Å². The zero-order chi connectivity index (χ0) is 14.4. The fourth-order valence-corrected chi connectivity index (χ4v) is 3.23. The van der Waals surface area contributed by atoms with Crippen LogP contribution in [0.2, 0.25) is 0 Å². The van der Waals surface area contributed by atoms with E-state index < -0.39 is 9.84 Å². The highest BCUT2D eigenvalue weighted by atomic mass is 127. The number of benzene rings is 1. The van der Waals surface area contributed by atoms with Crippen LogP contribution in [0.5, 0.6) is 0 Å². The van der Waals surface area contributed by atoms with Crippen LogP contribution in [0.15, 0.2) is 35.3 Å². The van der Waals surface area contributed by atoms with Gasteiger partial charge in [-0.25, -0.2) is 8.42 Å². The molecule has 0 bridgehead atoms. The molecule has 2 rings (SSSR count). The Labute approximate surface area is 143 Å². The summed E-state index contributed by atoms with van der Waals surface area (Å²) in [5.74, 6) is 1.14. The van der Waals surface area contributed by atoms with Crippen molar-refractivity contribution in [1.29, 1.82) is 0 Å². The number of likely N-dealkylation sites (N-methyl/N-ethyl adjacent to an activating group) is 1. The first-order chi connectivity index (χ1) is 9.57. The fourth-order valence-electron chi connectivity index (χ4n) is 2.06. The van der Waals surface area contributed by atoms with Crippen LogP contribution in [0.3, 0.4) is 0 Å². The molecular formula is C14H22IN3O2S. The lowest BCUT2D eigenvalue weighted by atomic mass is 10.2. The van der Waals surface area contributed by atoms with E-state index in [1.807, 2.05) is 42.3 Å². The predicted molar refractivity (Wildman–Crippen MR) is 97.1 cm³/mol. The first kappa shape index (κ1) is 18.2. The Hall–Kier alpha value is -0.830. The Morgan fingerprint density at radius 1 is 1.24 bits per heavy atom. The maximum atomic E-state index is 12.0. The molecule has 0 fully saturated rings. The highest BCUT2D eigenvalue weighted by Crippen LogP contribution is 2.02.